The van der Waals surface area contributed by atoms with Gasteiger partial charge in [-0.05, 0) is 15.9 Å². The first-order valence-corrected chi connectivity index (χ1v) is 5.74. The second-order valence-electron chi connectivity index (χ2n) is 2.86. The van der Waals surface area contributed by atoms with Crippen LogP contribution in [0.3, 0.4) is 0 Å². The van der Waals surface area contributed by atoms with Gasteiger partial charge in [0.15, 0.2) is 0 Å². The van der Waals surface area contributed by atoms with Gasteiger partial charge in [-0.3, -0.25) is 0 Å². The largest absolute Gasteiger partial charge is 0.382 e. The first kappa shape index (κ1) is 12.8. The van der Waals surface area contributed by atoms with Crippen LogP contribution in [-0.4, -0.2) is 36.9 Å². The fraction of sp³-hybridized carbons (Fsp3) is 0.556. The normalized spacial score (nSPS) is 10.5. The monoisotopic (exact) mass is 292 g/mol. The van der Waals surface area contributed by atoms with Gasteiger partial charge in [-0.25, -0.2) is 4.98 Å². The lowest BCUT2D eigenvalue weighted by Crippen LogP contribution is -2.07. The van der Waals surface area contributed by atoms with E-state index in [0.29, 0.717) is 24.5 Å². The smallest absolute Gasteiger partial charge is 0.120 e. The maximum Gasteiger partial charge on any atom is 0.120 e. The molecular formula is C9H13BrN2O2S. The summed E-state index contributed by atoms with van der Waals surface area (Å²) in [6.45, 7) is 1.83. The third-order valence-electron chi connectivity index (χ3n) is 1.72. The number of rotatable bonds is 6. The quantitative estimate of drug-likeness (QED) is 0.644. The fourth-order valence-corrected chi connectivity index (χ4v) is 1.33. The SMILES string of the molecule is COCCOCCc1ncc(Br)c(=S)[nH]1. The Kier molecular flexibility index (Phi) is 6.00. The Morgan fingerprint density at radius 3 is 2.93 bits per heavy atom. The van der Waals surface area contributed by atoms with E-state index in [9.17, 15) is 0 Å². The standard InChI is InChI=1S/C9H13BrN2O2S/c1-13-4-5-14-3-2-8-11-6-7(10)9(15)12-8/h6H,2-5H2,1H3,(H,11,12,15). The van der Waals surface area contributed by atoms with E-state index in [-0.39, 0.29) is 0 Å². The van der Waals surface area contributed by atoms with Gasteiger partial charge in [0.2, 0.25) is 0 Å². The average molecular weight is 293 g/mol. The molecule has 0 saturated carbocycles. The van der Waals surface area contributed by atoms with Crippen molar-refractivity contribution in [1.29, 1.82) is 0 Å². The third kappa shape index (κ3) is 4.83. The van der Waals surface area contributed by atoms with Gasteiger partial charge in [0.25, 0.3) is 0 Å². The summed E-state index contributed by atoms with van der Waals surface area (Å²) in [7, 11) is 1.65. The van der Waals surface area contributed by atoms with E-state index in [1.54, 1.807) is 13.3 Å². The second kappa shape index (κ2) is 7.05. The van der Waals surface area contributed by atoms with Crippen LogP contribution in [0.1, 0.15) is 5.82 Å². The van der Waals surface area contributed by atoms with Crippen molar-refractivity contribution in [3.63, 3.8) is 0 Å². The van der Waals surface area contributed by atoms with Crippen molar-refractivity contribution in [2.24, 2.45) is 0 Å². The topological polar surface area (TPSA) is 47.1 Å². The molecule has 15 heavy (non-hydrogen) atoms. The molecule has 6 heteroatoms. The molecule has 0 amide bonds. The van der Waals surface area contributed by atoms with Crippen LogP contribution < -0.4 is 0 Å². The molecule has 1 aromatic rings. The van der Waals surface area contributed by atoms with E-state index in [1.807, 2.05) is 0 Å². The van der Waals surface area contributed by atoms with Crippen LogP contribution >= 0.6 is 28.1 Å². The first-order valence-electron chi connectivity index (χ1n) is 4.54. The number of nitrogens with one attached hydrogen (secondary N) is 1. The molecule has 0 bridgehead atoms. The molecule has 1 N–H and O–H groups in total. The van der Waals surface area contributed by atoms with Gasteiger partial charge in [-0.15, -0.1) is 0 Å². The van der Waals surface area contributed by atoms with Gasteiger partial charge >= 0.3 is 0 Å². The van der Waals surface area contributed by atoms with Gasteiger partial charge < -0.3 is 14.5 Å². The summed E-state index contributed by atoms with van der Waals surface area (Å²) < 4.78 is 11.6. The number of nitrogens with zero attached hydrogens (tertiary/aromatic N) is 1. The van der Waals surface area contributed by atoms with Crippen LogP contribution in [0.4, 0.5) is 0 Å². The Morgan fingerprint density at radius 2 is 2.27 bits per heavy atom. The van der Waals surface area contributed by atoms with Crippen molar-refractivity contribution in [2.75, 3.05) is 26.9 Å². The number of aromatic nitrogens is 2. The summed E-state index contributed by atoms with van der Waals surface area (Å²) in [5.41, 5.74) is 0. The molecule has 1 aromatic heterocycles. The summed E-state index contributed by atoms with van der Waals surface area (Å²) in [6.07, 6.45) is 2.42. The lowest BCUT2D eigenvalue weighted by atomic mass is 10.4. The minimum absolute atomic E-state index is 0.605. The summed E-state index contributed by atoms with van der Waals surface area (Å²) in [5.74, 6) is 0.834. The van der Waals surface area contributed by atoms with E-state index >= 15 is 0 Å². The van der Waals surface area contributed by atoms with Crippen LogP contribution in [0.2, 0.25) is 0 Å². The van der Waals surface area contributed by atoms with Crippen molar-refractivity contribution in [2.45, 2.75) is 6.42 Å². The highest BCUT2D eigenvalue weighted by atomic mass is 79.9. The molecule has 0 aliphatic carbocycles. The molecule has 4 nitrogen and oxygen atoms in total. The second-order valence-corrected chi connectivity index (χ2v) is 4.12. The number of ether oxygens (including phenoxy) is 2. The zero-order valence-corrected chi connectivity index (χ0v) is 10.9. The van der Waals surface area contributed by atoms with Gasteiger partial charge in [-0.1, -0.05) is 12.2 Å². The molecule has 84 valence electrons. The van der Waals surface area contributed by atoms with E-state index in [0.717, 1.165) is 16.7 Å². The summed E-state index contributed by atoms with van der Waals surface area (Å²) >= 11 is 8.34. The van der Waals surface area contributed by atoms with Gasteiger partial charge in [0.05, 0.1) is 24.3 Å². The van der Waals surface area contributed by atoms with Gasteiger partial charge in [-0.2, -0.15) is 0 Å². The van der Waals surface area contributed by atoms with Crippen LogP contribution in [0.5, 0.6) is 0 Å². The van der Waals surface area contributed by atoms with Crippen LogP contribution in [0, 0.1) is 4.64 Å². The number of aromatic amines is 1. The number of H-pyrrole nitrogens is 1. The molecule has 0 aromatic carbocycles. The molecule has 0 aliphatic heterocycles. The first-order chi connectivity index (χ1) is 7.24. The minimum Gasteiger partial charge on any atom is -0.382 e. The van der Waals surface area contributed by atoms with Crippen molar-refractivity contribution in [1.82, 2.24) is 9.97 Å². The predicted octanol–water partition coefficient (Wildman–Crippen LogP) is 2.11. The molecular weight excluding hydrogens is 280 g/mol. The predicted molar refractivity (Wildman–Crippen MR) is 63.5 cm³/mol. The molecule has 0 unspecified atom stereocenters. The Labute approximate surface area is 102 Å². The molecule has 0 aliphatic rings. The Balaban J connectivity index is 2.32. The van der Waals surface area contributed by atoms with Crippen LogP contribution in [0.15, 0.2) is 10.7 Å². The summed E-state index contributed by atoms with van der Waals surface area (Å²) in [4.78, 5) is 7.19. The van der Waals surface area contributed by atoms with Crippen molar-refractivity contribution < 1.29 is 9.47 Å². The number of hydrogen-bond donors (Lipinski definition) is 1. The average Bonchev–Trinajstić information content (AvgIpc) is 2.23. The minimum atomic E-state index is 0.605. The highest BCUT2D eigenvalue weighted by Gasteiger charge is 1.97. The zero-order valence-electron chi connectivity index (χ0n) is 8.46. The van der Waals surface area contributed by atoms with Gasteiger partial charge in [0.1, 0.15) is 10.5 Å². The number of halogens is 1. The number of hydrogen-bond acceptors (Lipinski definition) is 4. The fourth-order valence-electron chi connectivity index (χ4n) is 0.956. The van der Waals surface area contributed by atoms with Crippen molar-refractivity contribution in [3.8, 4) is 0 Å². The van der Waals surface area contributed by atoms with Crippen LogP contribution in [-0.2, 0) is 15.9 Å². The molecule has 0 radical (unpaired) electrons. The summed E-state index contributed by atoms with van der Waals surface area (Å²) in [5, 5.41) is 0. The highest BCUT2D eigenvalue weighted by molar-refractivity contribution is 9.10. The lowest BCUT2D eigenvalue weighted by Gasteiger charge is -2.03. The number of methoxy groups -OCH3 is 1. The van der Waals surface area contributed by atoms with Crippen molar-refractivity contribution in [3.05, 3.63) is 21.1 Å². The van der Waals surface area contributed by atoms with Crippen molar-refractivity contribution >= 4 is 28.1 Å². The summed E-state index contributed by atoms with van der Waals surface area (Å²) in [6, 6.07) is 0. The highest BCUT2D eigenvalue weighted by Crippen LogP contribution is 2.08. The van der Waals surface area contributed by atoms with E-state index < -0.39 is 0 Å². The van der Waals surface area contributed by atoms with E-state index in [2.05, 4.69) is 25.9 Å². The molecule has 1 heterocycles. The molecule has 0 saturated heterocycles. The molecule has 0 fully saturated rings. The maximum absolute atomic E-state index is 5.32. The lowest BCUT2D eigenvalue weighted by molar-refractivity contribution is 0.0716. The Hall–Kier alpha value is -0.300. The third-order valence-corrected chi connectivity index (χ3v) is 2.91. The van der Waals surface area contributed by atoms with Crippen LogP contribution in [0.25, 0.3) is 0 Å². The molecule has 0 atom stereocenters. The van der Waals surface area contributed by atoms with Gasteiger partial charge in [0, 0.05) is 19.7 Å². The molecule has 1 rings (SSSR count). The van der Waals surface area contributed by atoms with E-state index in [4.69, 9.17) is 21.7 Å². The molecule has 0 spiro atoms. The Bertz CT molecular complexity index is 356. The zero-order chi connectivity index (χ0) is 11.1. The van der Waals surface area contributed by atoms with E-state index in [1.165, 1.54) is 0 Å². The maximum atomic E-state index is 5.32. The Morgan fingerprint density at radius 1 is 1.47 bits per heavy atom.